The molecule has 1 rings (SSSR count). The van der Waals surface area contributed by atoms with E-state index in [0.29, 0.717) is 6.61 Å². The van der Waals surface area contributed by atoms with Crippen molar-refractivity contribution in [1.29, 1.82) is 0 Å². The summed E-state index contributed by atoms with van der Waals surface area (Å²) < 4.78 is 5.67. The standard InChI is InChI=1S/C17H24ClNO/c1-5-10-19(11-6-2)13-16(18)15-12-14(4)8-9-17(15)20-7-3/h5-6,8-9,12,16H,1-2,7,10-11,13H2,3-4H3. The molecule has 1 atom stereocenters. The summed E-state index contributed by atoms with van der Waals surface area (Å²) in [7, 11) is 0. The van der Waals surface area contributed by atoms with Gasteiger partial charge in [-0.25, -0.2) is 0 Å². The van der Waals surface area contributed by atoms with E-state index in [1.807, 2.05) is 31.2 Å². The van der Waals surface area contributed by atoms with Crippen molar-refractivity contribution in [2.75, 3.05) is 26.2 Å². The second kappa shape index (κ2) is 8.83. The fraction of sp³-hybridized carbons (Fsp3) is 0.412. The molecule has 20 heavy (non-hydrogen) atoms. The van der Waals surface area contributed by atoms with Crippen molar-refractivity contribution in [3.8, 4) is 5.75 Å². The van der Waals surface area contributed by atoms with E-state index in [1.54, 1.807) is 0 Å². The zero-order valence-corrected chi connectivity index (χ0v) is 13.2. The Morgan fingerprint density at radius 2 is 1.95 bits per heavy atom. The molecule has 0 heterocycles. The Kier molecular flexibility index (Phi) is 7.42. The van der Waals surface area contributed by atoms with Crippen LogP contribution in [0.1, 0.15) is 23.4 Å². The zero-order valence-electron chi connectivity index (χ0n) is 12.4. The van der Waals surface area contributed by atoms with Gasteiger partial charge in [0.05, 0.1) is 12.0 Å². The molecule has 1 aromatic carbocycles. The van der Waals surface area contributed by atoms with E-state index in [1.165, 1.54) is 5.56 Å². The molecule has 0 aromatic heterocycles. The van der Waals surface area contributed by atoms with E-state index in [9.17, 15) is 0 Å². The first-order valence-electron chi connectivity index (χ1n) is 6.93. The van der Waals surface area contributed by atoms with Crippen molar-refractivity contribution in [1.82, 2.24) is 4.90 Å². The van der Waals surface area contributed by atoms with Crippen LogP contribution >= 0.6 is 11.6 Å². The summed E-state index contributed by atoms with van der Waals surface area (Å²) in [6.07, 6.45) is 3.76. The number of hydrogen-bond acceptors (Lipinski definition) is 2. The molecule has 0 fully saturated rings. The Hall–Kier alpha value is -1.25. The maximum Gasteiger partial charge on any atom is 0.124 e. The number of benzene rings is 1. The summed E-state index contributed by atoms with van der Waals surface area (Å²) in [6, 6.07) is 6.14. The van der Waals surface area contributed by atoms with Crippen LogP contribution in [-0.2, 0) is 0 Å². The number of alkyl halides is 1. The third-order valence-electron chi connectivity index (χ3n) is 3.00. The highest BCUT2D eigenvalue weighted by Crippen LogP contribution is 2.31. The Morgan fingerprint density at radius 3 is 2.50 bits per heavy atom. The van der Waals surface area contributed by atoms with Gasteiger partial charge in [-0.15, -0.1) is 24.8 Å². The maximum atomic E-state index is 6.60. The number of halogens is 1. The normalized spacial score (nSPS) is 12.2. The van der Waals surface area contributed by atoms with Crippen LogP contribution < -0.4 is 4.74 Å². The molecular weight excluding hydrogens is 270 g/mol. The molecule has 3 heteroatoms. The van der Waals surface area contributed by atoms with Gasteiger partial charge in [-0.3, -0.25) is 4.90 Å². The largest absolute Gasteiger partial charge is 0.494 e. The fourth-order valence-corrected chi connectivity index (χ4v) is 2.48. The smallest absolute Gasteiger partial charge is 0.124 e. The Bertz CT molecular complexity index is 435. The third kappa shape index (κ3) is 5.03. The summed E-state index contributed by atoms with van der Waals surface area (Å²) in [5.41, 5.74) is 2.24. The third-order valence-corrected chi connectivity index (χ3v) is 3.37. The van der Waals surface area contributed by atoms with Gasteiger partial charge in [0.15, 0.2) is 0 Å². The van der Waals surface area contributed by atoms with E-state index < -0.39 is 0 Å². The Labute approximate surface area is 127 Å². The SMILES string of the molecule is C=CCN(CC=C)CC(Cl)c1cc(C)ccc1OCC. The van der Waals surface area contributed by atoms with Crippen LogP contribution in [0.4, 0.5) is 0 Å². The van der Waals surface area contributed by atoms with Gasteiger partial charge < -0.3 is 4.74 Å². The van der Waals surface area contributed by atoms with E-state index in [-0.39, 0.29) is 5.38 Å². The van der Waals surface area contributed by atoms with Gasteiger partial charge in [0, 0.05) is 25.2 Å². The topological polar surface area (TPSA) is 12.5 Å². The summed E-state index contributed by atoms with van der Waals surface area (Å²) in [6.45, 7) is 14.6. The molecule has 0 N–H and O–H groups in total. The van der Waals surface area contributed by atoms with Crippen molar-refractivity contribution in [2.45, 2.75) is 19.2 Å². The van der Waals surface area contributed by atoms with Crippen molar-refractivity contribution in [3.05, 3.63) is 54.6 Å². The van der Waals surface area contributed by atoms with E-state index in [4.69, 9.17) is 16.3 Å². The van der Waals surface area contributed by atoms with Crippen LogP contribution in [0.25, 0.3) is 0 Å². The second-order valence-electron chi connectivity index (χ2n) is 4.74. The predicted molar refractivity (Wildman–Crippen MR) is 87.8 cm³/mol. The molecule has 0 radical (unpaired) electrons. The van der Waals surface area contributed by atoms with Crippen molar-refractivity contribution < 1.29 is 4.74 Å². The van der Waals surface area contributed by atoms with Crippen molar-refractivity contribution in [2.24, 2.45) is 0 Å². The Balaban J connectivity index is 2.88. The molecule has 0 bridgehead atoms. The fourth-order valence-electron chi connectivity index (χ4n) is 2.11. The average Bonchev–Trinajstić information content (AvgIpc) is 2.41. The molecule has 0 saturated heterocycles. The van der Waals surface area contributed by atoms with Crippen molar-refractivity contribution >= 4 is 11.6 Å². The molecule has 0 amide bonds. The highest BCUT2D eigenvalue weighted by atomic mass is 35.5. The number of ether oxygens (including phenoxy) is 1. The molecule has 1 aromatic rings. The molecule has 0 saturated carbocycles. The number of hydrogen-bond donors (Lipinski definition) is 0. The summed E-state index contributed by atoms with van der Waals surface area (Å²) in [5.74, 6) is 0.871. The molecular formula is C17H24ClNO. The minimum absolute atomic E-state index is 0.114. The van der Waals surface area contributed by atoms with Crippen LogP contribution in [0, 0.1) is 6.92 Å². The maximum absolute atomic E-state index is 6.60. The molecule has 110 valence electrons. The van der Waals surface area contributed by atoms with Crippen LogP contribution in [0.15, 0.2) is 43.5 Å². The van der Waals surface area contributed by atoms with Gasteiger partial charge in [-0.1, -0.05) is 29.8 Å². The van der Waals surface area contributed by atoms with Crippen LogP contribution in [0.3, 0.4) is 0 Å². The zero-order chi connectivity index (χ0) is 15.0. The first kappa shape index (κ1) is 16.8. The van der Waals surface area contributed by atoms with E-state index in [0.717, 1.165) is 30.9 Å². The minimum atomic E-state index is -0.114. The highest BCUT2D eigenvalue weighted by Gasteiger charge is 2.17. The van der Waals surface area contributed by atoms with Gasteiger partial charge in [0.2, 0.25) is 0 Å². The van der Waals surface area contributed by atoms with E-state index >= 15 is 0 Å². The first-order chi connectivity index (χ1) is 9.62. The van der Waals surface area contributed by atoms with Crippen LogP contribution in [0.2, 0.25) is 0 Å². The lowest BCUT2D eigenvalue weighted by Crippen LogP contribution is -2.27. The molecule has 0 aliphatic heterocycles. The number of nitrogens with zero attached hydrogens (tertiary/aromatic N) is 1. The lowest BCUT2D eigenvalue weighted by Gasteiger charge is -2.23. The Morgan fingerprint density at radius 1 is 1.30 bits per heavy atom. The molecule has 0 aliphatic carbocycles. The van der Waals surface area contributed by atoms with Crippen molar-refractivity contribution in [3.63, 3.8) is 0 Å². The first-order valence-corrected chi connectivity index (χ1v) is 7.37. The highest BCUT2D eigenvalue weighted by molar-refractivity contribution is 6.21. The molecule has 0 spiro atoms. The van der Waals surface area contributed by atoms with Gasteiger partial charge in [-0.2, -0.15) is 0 Å². The lowest BCUT2D eigenvalue weighted by molar-refractivity contribution is 0.319. The molecule has 0 aliphatic rings. The summed E-state index contributed by atoms with van der Waals surface area (Å²) >= 11 is 6.60. The van der Waals surface area contributed by atoms with E-state index in [2.05, 4.69) is 31.0 Å². The van der Waals surface area contributed by atoms with Gasteiger partial charge in [0.25, 0.3) is 0 Å². The minimum Gasteiger partial charge on any atom is -0.494 e. The quantitative estimate of drug-likeness (QED) is 0.496. The summed E-state index contributed by atoms with van der Waals surface area (Å²) in [4.78, 5) is 2.20. The average molecular weight is 294 g/mol. The lowest BCUT2D eigenvalue weighted by atomic mass is 10.1. The second-order valence-corrected chi connectivity index (χ2v) is 5.26. The number of aryl methyl sites for hydroxylation is 1. The van der Waals surface area contributed by atoms with Gasteiger partial charge >= 0.3 is 0 Å². The predicted octanol–water partition coefficient (Wildman–Crippen LogP) is 4.35. The monoisotopic (exact) mass is 293 g/mol. The molecule has 1 unspecified atom stereocenters. The molecule has 2 nitrogen and oxygen atoms in total. The van der Waals surface area contributed by atoms with Crippen LogP contribution in [0.5, 0.6) is 5.75 Å². The summed E-state index contributed by atoms with van der Waals surface area (Å²) in [5, 5.41) is -0.114. The van der Waals surface area contributed by atoms with Crippen LogP contribution in [-0.4, -0.2) is 31.1 Å². The number of rotatable bonds is 9. The van der Waals surface area contributed by atoms with Gasteiger partial charge in [0.1, 0.15) is 5.75 Å². The van der Waals surface area contributed by atoms with Gasteiger partial charge in [-0.05, 0) is 19.9 Å².